The van der Waals surface area contributed by atoms with E-state index in [1.165, 1.54) is 0 Å². The van der Waals surface area contributed by atoms with E-state index in [2.05, 4.69) is 28.4 Å². The zero-order chi connectivity index (χ0) is 33.2. The van der Waals surface area contributed by atoms with Crippen LogP contribution in [0.15, 0.2) is 0 Å². The molecule has 242 valence electrons. The Balaban J connectivity index is 3.73. The zero-order valence-corrected chi connectivity index (χ0v) is 18.8. The van der Waals surface area contributed by atoms with E-state index in [-0.39, 0.29) is 0 Å². The van der Waals surface area contributed by atoms with Gasteiger partial charge in [-0.15, -0.1) is 0 Å². The number of hydrogen-bond donors (Lipinski definition) is 0. The third-order valence-corrected chi connectivity index (χ3v) is 4.08. The van der Waals surface area contributed by atoms with Crippen molar-refractivity contribution in [3.63, 3.8) is 0 Å². The van der Waals surface area contributed by atoms with Crippen molar-refractivity contribution in [3.05, 3.63) is 0 Å². The average Bonchev–Trinajstić information content (AvgIpc) is 3.09. The van der Waals surface area contributed by atoms with Gasteiger partial charge in [-0.05, 0) is 0 Å². The Kier molecular flexibility index (Phi) is 10.6. The van der Waals surface area contributed by atoms with Gasteiger partial charge in [-0.3, -0.25) is 0 Å². The first-order valence-corrected chi connectivity index (χ1v) is 9.57. The van der Waals surface area contributed by atoms with Crippen LogP contribution in [0.25, 0.3) is 0 Å². The lowest BCUT2D eigenvalue weighted by Crippen LogP contribution is -2.50. The van der Waals surface area contributed by atoms with Crippen molar-refractivity contribution in [1.82, 2.24) is 0 Å². The molecule has 1 aliphatic rings. The molecule has 1 fully saturated rings. The Bertz CT molecular complexity index is 1040. The van der Waals surface area contributed by atoms with Gasteiger partial charge in [0.25, 0.3) is 0 Å². The maximum atomic E-state index is 12.8. The van der Waals surface area contributed by atoms with Crippen LogP contribution < -0.4 is 0 Å². The molecule has 0 saturated carbocycles. The lowest BCUT2D eigenvalue weighted by Gasteiger charge is -2.28. The van der Waals surface area contributed by atoms with Crippen molar-refractivity contribution >= 4 is 29.8 Å². The lowest BCUT2D eigenvalue weighted by atomic mass is 10.1. The predicted octanol–water partition coefficient (Wildman–Crippen LogP) is 2.34. The lowest BCUT2D eigenvalue weighted by molar-refractivity contribution is -0.246. The summed E-state index contributed by atoms with van der Waals surface area (Å²) in [6.45, 7) is -2.41. The molecule has 1 rings (SSSR count). The Hall–Kier alpha value is -3.74. The van der Waals surface area contributed by atoms with Gasteiger partial charge in [-0.2, -0.15) is 65.9 Å². The number of halogens is 15. The van der Waals surface area contributed by atoms with Crippen LogP contribution in [0.5, 0.6) is 0 Å². The summed E-state index contributed by atoms with van der Waals surface area (Å²) in [5.41, 5.74) is 0. The van der Waals surface area contributed by atoms with Crippen LogP contribution in [0.3, 0.4) is 0 Å². The molecule has 0 spiro atoms. The Morgan fingerprint density at radius 3 is 1.26 bits per heavy atom. The van der Waals surface area contributed by atoms with Gasteiger partial charge in [0, 0.05) is 0 Å². The minimum atomic E-state index is -6.22. The standard InChI is InChI=1S/C16H7F15O11/c17-12(18,19)7(32)37-1-2(38-8(33)13(20,21)22)3-4(40-9(34)14(23,24)25)5(41-10(35)15(26,27)28)6(39-3)42-11(36)16(29,30)31/h2-6H,1H2/t2-,3+,4+,5-,6-/m1/s1. The first kappa shape index (κ1) is 36.3. The van der Waals surface area contributed by atoms with E-state index < -0.39 is 98.0 Å². The van der Waals surface area contributed by atoms with Gasteiger partial charge in [0.2, 0.25) is 12.4 Å². The number of carbonyl (C=O) groups excluding carboxylic acids is 5. The van der Waals surface area contributed by atoms with Crippen LogP contribution in [0, 0.1) is 0 Å². The maximum absolute atomic E-state index is 12.8. The van der Waals surface area contributed by atoms with Crippen LogP contribution in [-0.4, -0.2) is 98.0 Å². The minimum Gasteiger partial charge on any atom is -0.455 e. The third-order valence-electron chi connectivity index (χ3n) is 4.08. The summed E-state index contributed by atoms with van der Waals surface area (Å²) < 4.78 is 211. The fraction of sp³-hybridized carbons (Fsp3) is 0.688. The Labute approximate surface area is 217 Å². The van der Waals surface area contributed by atoms with Gasteiger partial charge in [0.15, 0.2) is 12.2 Å². The molecule has 42 heavy (non-hydrogen) atoms. The number of hydrogen-bond acceptors (Lipinski definition) is 11. The van der Waals surface area contributed by atoms with Crippen molar-refractivity contribution < 1.29 is 118 Å². The van der Waals surface area contributed by atoms with E-state index in [1.54, 1.807) is 0 Å². The first-order chi connectivity index (χ1) is 18.6. The van der Waals surface area contributed by atoms with Gasteiger partial charge in [-0.1, -0.05) is 0 Å². The first-order valence-electron chi connectivity index (χ1n) is 9.57. The summed E-state index contributed by atoms with van der Waals surface area (Å²) in [7, 11) is 0. The van der Waals surface area contributed by atoms with E-state index in [0.29, 0.717) is 0 Å². The quantitative estimate of drug-likeness (QED) is 0.226. The summed E-state index contributed by atoms with van der Waals surface area (Å²) >= 11 is 0. The van der Waals surface area contributed by atoms with Crippen LogP contribution in [-0.2, 0) is 52.4 Å². The molecular weight excluding hydrogens is 653 g/mol. The normalized spacial score (nSPS) is 22.5. The van der Waals surface area contributed by atoms with E-state index in [1.807, 2.05) is 0 Å². The second-order valence-electron chi connectivity index (χ2n) is 7.15. The highest BCUT2D eigenvalue weighted by molar-refractivity contribution is 5.78. The number of alkyl halides is 15. The second-order valence-corrected chi connectivity index (χ2v) is 7.15. The summed E-state index contributed by atoms with van der Waals surface area (Å²) in [6.07, 6.45) is -48.5. The third kappa shape index (κ3) is 9.97. The van der Waals surface area contributed by atoms with E-state index in [4.69, 9.17) is 0 Å². The summed E-state index contributed by atoms with van der Waals surface area (Å²) in [4.78, 5) is 55.8. The number of rotatable bonds is 7. The molecule has 11 nitrogen and oxygen atoms in total. The second kappa shape index (κ2) is 12.2. The average molecular weight is 660 g/mol. The number of ether oxygens (including phenoxy) is 6. The Morgan fingerprint density at radius 1 is 0.524 bits per heavy atom. The molecule has 0 aromatic heterocycles. The Morgan fingerprint density at radius 2 is 0.881 bits per heavy atom. The van der Waals surface area contributed by atoms with E-state index >= 15 is 0 Å². The van der Waals surface area contributed by atoms with Gasteiger partial charge >= 0.3 is 60.7 Å². The molecule has 0 aromatic carbocycles. The molecule has 5 atom stereocenters. The molecule has 0 bridgehead atoms. The molecular formula is C16H7F15O11. The molecule has 0 amide bonds. The summed E-state index contributed by atoms with van der Waals surface area (Å²) in [6, 6.07) is 0. The highest BCUT2D eigenvalue weighted by Crippen LogP contribution is 2.36. The fourth-order valence-electron chi connectivity index (χ4n) is 2.50. The molecule has 0 unspecified atom stereocenters. The molecule has 1 saturated heterocycles. The van der Waals surface area contributed by atoms with Crippen LogP contribution >= 0.6 is 0 Å². The van der Waals surface area contributed by atoms with Crippen molar-refractivity contribution in [1.29, 1.82) is 0 Å². The number of carbonyl (C=O) groups is 5. The van der Waals surface area contributed by atoms with Crippen molar-refractivity contribution in [2.24, 2.45) is 0 Å². The van der Waals surface area contributed by atoms with Crippen LogP contribution in [0.4, 0.5) is 65.9 Å². The van der Waals surface area contributed by atoms with Gasteiger partial charge in [0.1, 0.15) is 12.7 Å². The van der Waals surface area contributed by atoms with Crippen molar-refractivity contribution in [2.75, 3.05) is 6.61 Å². The fourth-order valence-corrected chi connectivity index (χ4v) is 2.50. The predicted molar refractivity (Wildman–Crippen MR) is 85.6 cm³/mol. The number of esters is 5. The van der Waals surface area contributed by atoms with E-state index in [9.17, 15) is 89.8 Å². The summed E-state index contributed by atoms with van der Waals surface area (Å²) in [5, 5.41) is 0. The molecule has 0 aliphatic carbocycles. The largest absolute Gasteiger partial charge is 0.491 e. The van der Waals surface area contributed by atoms with E-state index in [0.717, 1.165) is 0 Å². The van der Waals surface area contributed by atoms with Crippen molar-refractivity contribution in [2.45, 2.75) is 61.6 Å². The maximum Gasteiger partial charge on any atom is 0.491 e. The minimum absolute atomic E-state index is 2.41. The molecule has 1 aliphatic heterocycles. The molecule has 0 N–H and O–H groups in total. The van der Waals surface area contributed by atoms with Gasteiger partial charge < -0.3 is 28.4 Å². The highest BCUT2D eigenvalue weighted by atomic mass is 19.4. The summed E-state index contributed by atoms with van der Waals surface area (Å²) in [5.74, 6) is -17.5. The van der Waals surface area contributed by atoms with Crippen LogP contribution in [0.2, 0.25) is 0 Å². The molecule has 26 heteroatoms. The van der Waals surface area contributed by atoms with Gasteiger partial charge in [0.05, 0.1) is 0 Å². The smallest absolute Gasteiger partial charge is 0.455 e. The molecule has 1 heterocycles. The topological polar surface area (TPSA) is 141 Å². The highest BCUT2D eigenvalue weighted by Gasteiger charge is 2.61. The monoisotopic (exact) mass is 660 g/mol. The van der Waals surface area contributed by atoms with Gasteiger partial charge in [-0.25, -0.2) is 24.0 Å². The van der Waals surface area contributed by atoms with Crippen molar-refractivity contribution in [3.8, 4) is 0 Å². The molecule has 0 aromatic rings. The molecule has 0 radical (unpaired) electrons. The zero-order valence-electron chi connectivity index (χ0n) is 18.8. The SMILES string of the molecule is O=C(OC[C@@H](OC(=O)C(F)(F)F)[C@@H]1O[C@H](OC(=O)C(F)(F)F)[C@H](OC(=O)C(F)(F)F)[C@H]1OC(=O)C(F)(F)F)C(F)(F)F. The van der Waals surface area contributed by atoms with Crippen LogP contribution in [0.1, 0.15) is 0 Å².